The molecule has 1 aliphatic heterocycles. The summed E-state index contributed by atoms with van der Waals surface area (Å²) in [5.41, 5.74) is 9.58. The molecule has 1 aliphatic rings. The number of furan rings is 1. The second-order valence-electron chi connectivity index (χ2n) is 8.31. The van der Waals surface area contributed by atoms with Crippen LogP contribution < -0.4 is 5.73 Å². The molecule has 31 heavy (non-hydrogen) atoms. The molecule has 0 unspecified atom stereocenters. The van der Waals surface area contributed by atoms with Crippen molar-refractivity contribution >= 4 is 16.9 Å². The molecule has 0 bridgehead atoms. The van der Waals surface area contributed by atoms with Crippen LogP contribution in [0.25, 0.3) is 22.4 Å². The molecule has 2 N–H and O–H groups in total. The smallest absolute Gasteiger partial charge is 0.221 e. The molecule has 158 valence electrons. The minimum atomic E-state index is -0.206. The van der Waals surface area contributed by atoms with Crippen LogP contribution in [0.4, 0.5) is 0 Å². The van der Waals surface area contributed by atoms with Crippen molar-refractivity contribution in [3.05, 3.63) is 78.0 Å². The number of amides is 1. The highest BCUT2D eigenvalue weighted by molar-refractivity contribution is 5.82. The molecule has 5 rings (SSSR count). The van der Waals surface area contributed by atoms with Crippen LogP contribution in [0.2, 0.25) is 0 Å². The number of carbonyl (C=O) groups is 1. The van der Waals surface area contributed by atoms with Crippen LogP contribution in [-0.4, -0.2) is 33.7 Å². The van der Waals surface area contributed by atoms with Crippen LogP contribution in [-0.2, 0) is 17.9 Å². The van der Waals surface area contributed by atoms with Gasteiger partial charge in [0.25, 0.3) is 0 Å². The zero-order valence-electron chi connectivity index (χ0n) is 17.4. The first-order valence-corrected chi connectivity index (χ1v) is 10.8. The average molecular weight is 415 g/mol. The molecule has 2 aromatic heterocycles. The van der Waals surface area contributed by atoms with Crippen molar-refractivity contribution in [2.75, 3.05) is 13.1 Å². The number of hydrogen-bond donors (Lipinski definition) is 1. The summed E-state index contributed by atoms with van der Waals surface area (Å²) in [6.45, 7) is 3.05. The largest absolute Gasteiger partial charge is 0.454 e. The number of aromatic nitrogens is 2. The first kappa shape index (κ1) is 19.6. The predicted molar refractivity (Wildman–Crippen MR) is 120 cm³/mol. The lowest BCUT2D eigenvalue weighted by Gasteiger charge is -2.30. The molecule has 1 saturated heterocycles. The number of nitrogens with zero attached hydrogens (tertiary/aromatic N) is 3. The molecule has 0 aliphatic carbocycles. The van der Waals surface area contributed by atoms with Crippen molar-refractivity contribution in [2.45, 2.75) is 25.9 Å². The third-order valence-corrected chi connectivity index (χ3v) is 5.99. The first-order valence-electron chi connectivity index (χ1n) is 10.8. The van der Waals surface area contributed by atoms with E-state index in [1.165, 1.54) is 5.56 Å². The van der Waals surface area contributed by atoms with Crippen molar-refractivity contribution < 1.29 is 9.21 Å². The third kappa shape index (κ3) is 4.25. The number of likely N-dealkylation sites (tertiary alicyclic amines) is 1. The fourth-order valence-corrected chi connectivity index (χ4v) is 4.41. The van der Waals surface area contributed by atoms with Crippen LogP contribution in [0.1, 0.15) is 24.0 Å². The van der Waals surface area contributed by atoms with Crippen molar-refractivity contribution in [3.63, 3.8) is 0 Å². The van der Waals surface area contributed by atoms with Crippen molar-refractivity contribution in [2.24, 2.45) is 11.7 Å². The van der Waals surface area contributed by atoms with Crippen LogP contribution in [0, 0.1) is 5.92 Å². The monoisotopic (exact) mass is 414 g/mol. The minimum Gasteiger partial charge on any atom is -0.454 e. The standard InChI is InChI=1S/C25H26N4O2/c26-25(30)20-10-6-12-28(15-20)16-21-17-29(14-18-7-2-1-3-8-18)27-24(21)23-13-19-9-4-5-11-22(19)31-23/h1-5,7-9,11,13,17,20H,6,10,12,14-16H2,(H2,26,30)/t20-/m0/s1. The van der Waals surface area contributed by atoms with Crippen LogP contribution in [0.15, 0.2) is 71.3 Å². The van der Waals surface area contributed by atoms with Crippen molar-refractivity contribution in [1.29, 1.82) is 0 Å². The number of benzene rings is 2. The van der Waals surface area contributed by atoms with Crippen LogP contribution >= 0.6 is 0 Å². The summed E-state index contributed by atoms with van der Waals surface area (Å²) < 4.78 is 8.11. The van der Waals surface area contributed by atoms with Gasteiger partial charge in [0, 0.05) is 30.2 Å². The van der Waals surface area contributed by atoms with Gasteiger partial charge in [-0.3, -0.25) is 14.4 Å². The molecule has 6 heteroatoms. The van der Waals surface area contributed by atoms with Gasteiger partial charge in [0.1, 0.15) is 11.3 Å². The minimum absolute atomic E-state index is 0.0808. The maximum atomic E-state index is 11.7. The van der Waals surface area contributed by atoms with Gasteiger partial charge in [-0.25, -0.2) is 0 Å². The topological polar surface area (TPSA) is 77.3 Å². The number of primary amides is 1. The summed E-state index contributed by atoms with van der Waals surface area (Å²) in [4.78, 5) is 14.0. The van der Waals surface area contributed by atoms with Crippen molar-refractivity contribution in [3.8, 4) is 11.5 Å². The maximum Gasteiger partial charge on any atom is 0.221 e. The Morgan fingerprint density at radius 3 is 2.71 bits per heavy atom. The molecule has 1 atom stereocenters. The van der Waals surface area contributed by atoms with Gasteiger partial charge in [0.15, 0.2) is 5.76 Å². The molecule has 0 spiro atoms. The van der Waals surface area contributed by atoms with Gasteiger partial charge in [0.2, 0.25) is 5.91 Å². The van der Waals surface area contributed by atoms with Gasteiger partial charge in [0.05, 0.1) is 12.5 Å². The summed E-state index contributed by atoms with van der Waals surface area (Å²) in [7, 11) is 0. The zero-order chi connectivity index (χ0) is 21.2. The maximum absolute atomic E-state index is 11.7. The number of carbonyl (C=O) groups excluding carboxylic acids is 1. The van der Waals surface area contributed by atoms with E-state index in [1.807, 2.05) is 47.1 Å². The van der Waals surface area contributed by atoms with Gasteiger partial charge < -0.3 is 10.2 Å². The number of rotatable bonds is 6. The Hall–Kier alpha value is -3.38. The van der Waals surface area contributed by atoms with E-state index in [0.717, 1.165) is 47.4 Å². The van der Waals surface area contributed by atoms with E-state index in [2.05, 4.69) is 29.3 Å². The number of para-hydroxylation sites is 1. The molecule has 1 amide bonds. The summed E-state index contributed by atoms with van der Waals surface area (Å²) in [5.74, 6) is 0.483. The summed E-state index contributed by atoms with van der Waals surface area (Å²) >= 11 is 0. The molecule has 3 heterocycles. The third-order valence-electron chi connectivity index (χ3n) is 5.99. The normalized spacial score (nSPS) is 17.2. The van der Waals surface area contributed by atoms with E-state index >= 15 is 0 Å². The molecule has 0 radical (unpaired) electrons. The Labute approximate surface area is 181 Å². The second kappa shape index (κ2) is 8.40. The fraction of sp³-hybridized carbons (Fsp3) is 0.280. The zero-order valence-corrected chi connectivity index (χ0v) is 17.4. The predicted octanol–water partition coefficient (Wildman–Crippen LogP) is 4.04. The van der Waals surface area contributed by atoms with Crippen LogP contribution in [0.5, 0.6) is 0 Å². The lowest BCUT2D eigenvalue weighted by atomic mass is 9.97. The van der Waals surface area contributed by atoms with E-state index in [0.29, 0.717) is 19.6 Å². The molecular formula is C25H26N4O2. The average Bonchev–Trinajstić information content (AvgIpc) is 3.38. The molecule has 1 fully saturated rings. The highest BCUT2D eigenvalue weighted by Gasteiger charge is 2.26. The Balaban J connectivity index is 1.48. The summed E-state index contributed by atoms with van der Waals surface area (Å²) in [5, 5.41) is 5.96. The van der Waals surface area contributed by atoms with Gasteiger partial charge >= 0.3 is 0 Å². The Morgan fingerprint density at radius 2 is 1.90 bits per heavy atom. The molecule has 2 aromatic carbocycles. The van der Waals surface area contributed by atoms with Crippen LogP contribution in [0.3, 0.4) is 0 Å². The van der Waals surface area contributed by atoms with E-state index in [9.17, 15) is 4.79 Å². The van der Waals surface area contributed by atoms with E-state index in [4.69, 9.17) is 15.2 Å². The highest BCUT2D eigenvalue weighted by Crippen LogP contribution is 2.30. The van der Waals surface area contributed by atoms with E-state index in [-0.39, 0.29) is 11.8 Å². The van der Waals surface area contributed by atoms with Gasteiger partial charge in [-0.15, -0.1) is 0 Å². The second-order valence-corrected chi connectivity index (χ2v) is 8.31. The molecule has 4 aromatic rings. The summed E-state index contributed by atoms with van der Waals surface area (Å²) in [6, 6.07) is 20.4. The Bertz CT molecular complexity index is 1160. The number of fused-ring (bicyclic) bond motifs is 1. The van der Waals surface area contributed by atoms with Gasteiger partial charge in [-0.1, -0.05) is 48.5 Å². The quantitative estimate of drug-likeness (QED) is 0.517. The molecular weight excluding hydrogens is 388 g/mol. The van der Waals surface area contributed by atoms with Gasteiger partial charge in [-0.05, 0) is 37.1 Å². The van der Waals surface area contributed by atoms with Crippen molar-refractivity contribution in [1.82, 2.24) is 14.7 Å². The molecule has 6 nitrogen and oxygen atoms in total. The SMILES string of the molecule is NC(=O)[C@H]1CCCN(Cc2cn(Cc3ccccc3)nc2-c2cc3ccccc3o2)C1. The highest BCUT2D eigenvalue weighted by atomic mass is 16.3. The Kier molecular flexibility index (Phi) is 5.30. The van der Waals surface area contributed by atoms with Gasteiger partial charge in [-0.2, -0.15) is 5.10 Å². The van der Waals surface area contributed by atoms with E-state index in [1.54, 1.807) is 0 Å². The summed E-state index contributed by atoms with van der Waals surface area (Å²) in [6.07, 6.45) is 3.95. The first-order chi connectivity index (χ1) is 15.2. The number of piperidine rings is 1. The Morgan fingerprint density at radius 1 is 1.10 bits per heavy atom. The number of nitrogens with two attached hydrogens (primary N) is 1. The fourth-order valence-electron chi connectivity index (χ4n) is 4.41. The lowest BCUT2D eigenvalue weighted by Crippen LogP contribution is -2.40. The van der Waals surface area contributed by atoms with E-state index < -0.39 is 0 Å². The number of hydrogen-bond acceptors (Lipinski definition) is 4. The lowest BCUT2D eigenvalue weighted by molar-refractivity contribution is -0.123. The molecule has 0 saturated carbocycles.